The highest BCUT2D eigenvalue weighted by atomic mass is 32.1. The van der Waals surface area contributed by atoms with E-state index >= 15 is 0 Å². The third-order valence-corrected chi connectivity index (χ3v) is 5.18. The second kappa shape index (κ2) is 7.22. The maximum atomic E-state index is 11.7. The first-order chi connectivity index (χ1) is 12.7. The van der Waals surface area contributed by atoms with Gasteiger partial charge in [-0.3, -0.25) is 4.79 Å². The first-order valence-corrected chi connectivity index (χ1v) is 9.34. The standard InChI is InChI=1S/C17H19N7OS/c18-15(25)14-16(21-12-4-1-5-13-11(12)6-8-26-13)22-17(24-23-14)20-10-3-2-7-19-9-10/h1,4-6,8,10,19H,2-3,7,9H2,(H2,18,25)(H2,20,21,22,24)/t10-/m0/s1. The summed E-state index contributed by atoms with van der Waals surface area (Å²) >= 11 is 1.65. The molecule has 0 spiro atoms. The van der Waals surface area contributed by atoms with Crippen molar-refractivity contribution in [3.63, 3.8) is 0 Å². The van der Waals surface area contributed by atoms with Gasteiger partial charge in [0.15, 0.2) is 11.5 Å². The molecule has 3 aromatic rings. The molecule has 3 heterocycles. The highest BCUT2D eigenvalue weighted by Gasteiger charge is 2.18. The van der Waals surface area contributed by atoms with Crippen LogP contribution in [-0.4, -0.2) is 40.2 Å². The zero-order chi connectivity index (χ0) is 17.9. The summed E-state index contributed by atoms with van der Waals surface area (Å²) in [6.45, 7) is 1.87. The van der Waals surface area contributed by atoms with Crippen LogP contribution >= 0.6 is 11.3 Å². The molecule has 0 saturated carbocycles. The van der Waals surface area contributed by atoms with E-state index in [1.165, 1.54) is 0 Å². The van der Waals surface area contributed by atoms with Gasteiger partial charge in [0.25, 0.3) is 5.91 Å². The summed E-state index contributed by atoms with van der Waals surface area (Å²) < 4.78 is 1.14. The van der Waals surface area contributed by atoms with Crippen molar-refractivity contribution in [2.45, 2.75) is 18.9 Å². The number of piperidine rings is 1. The largest absolute Gasteiger partial charge is 0.364 e. The van der Waals surface area contributed by atoms with Gasteiger partial charge < -0.3 is 21.7 Å². The fourth-order valence-electron chi connectivity index (χ4n) is 3.03. The topological polar surface area (TPSA) is 118 Å². The van der Waals surface area contributed by atoms with Crippen LogP contribution in [0.3, 0.4) is 0 Å². The summed E-state index contributed by atoms with van der Waals surface area (Å²) in [6, 6.07) is 8.18. The van der Waals surface area contributed by atoms with E-state index < -0.39 is 5.91 Å². The van der Waals surface area contributed by atoms with Crippen molar-refractivity contribution < 1.29 is 4.79 Å². The molecule has 4 rings (SSSR count). The summed E-state index contributed by atoms with van der Waals surface area (Å²) in [5.41, 5.74) is 6.31. The van der Waals surface area contributed by atoms with Gasteiger partial charge in [0.1, 0.15) is 0 Å². The Bertz CT molecular complexity index is 936. The minimum Gasteiger partial charge on any atom is -0.364 e. The van der Waals surface area contributed by atoms with Crippen LogP contribution in [-0.2, 0) is 0 Å². The van der Waals surface area contributed by atoms with Crippen LogP contribution in [0.2, 0.25) is 0 Å². The van der Waals surface area contributed by atoms with Gasteiger partial charge >= 0.3 is 0 Å². The Morgan fingerprint density at radius 1 is 1.31 bits per heavy atom. The molecule has 5 N–H and O–H groups in total. The Labute approximate surface area is 154 Å². The molecule has 1 atom stereocenters. The van der Waals surface area contributed by atoms with Crippen LogP contribution in [0.1, 0.15) is 23.3 Å². The Balaban J connectivity index is 1.65. The SMILES string of the molecule is NC(=O)c1nnc(N[C@H]2CCCNC2)nc1Nc1cccc2sccc12. The van der Waals surface area contributed by atoms with Gasteiger partial charge in [0.05, 0.1) is 0 Å². The minimum absolute atomic E-state index is 0.0181. The summed E-state index contributed by atoms with van der Waals surface area (Å²) in [7, 11) is 0. The van der Waals surface area contributed by atoms with Crippen LogP contribution in [0.15, 0.2) is 29.6 Å². The molecule has 1 amide bonds. The first-order valence-electron chi connectivity index (χ1n) is 8.46. The molecule has 1 aromatic carbocycles. The van der Waals surface area contributed by atoms with Crippen molar-refractivity contribution in [1.29, 1.82) is 0 Å². The van der Waals surface area contributed by atoms with Gasteiger partial charge in [-0.25, -0.2) is 0 Å². The van der Waals surface area contributed by atoms with E-state index in [1.807, 2.05) is 29.6 Å². The van der Waals surface area contributed by atoms with Gasteiger partial charge in [-0.2, -0.15) is 4.98 Å². The van der Waals surface area contributed by atoms with Gasteiger partial charge in [0, 0.05) is 28.4 Å². The number of nitrogens with one attached hydrogen (secondary N) is 3. The summed E-state index contributed by atoms with van der Waals surface area (Å²) in [4.78, 5) is 16.2. The fraction of sp³-hybridized carbons (Fsp3) is 0.294. The second-order valence-corrected chi connectivity index (χ2v) is 7.10. The van der Waals surface area contributed by atoms with E-state index in [1.54, 1.807) is 11.3 Å². The van der Waals surface area contributed by atoms with Crippen molar-refractivity contribution in [1.82, 2.24) is 20.5 Å². The lowest BCUT2D eigenvalue weighted by Crippen LogP contribution is -2.39. The van der Waals surface area contributed by atoms with Crippen LogP contribution in [0.4, 0.5) is 17.5 Å². The number of rotatable bonds is 5. The molecule has 1 aliphatic rings. The van der Waals surface area contributed by atoms with Crippen LogP contribution < -0.4 is 21.7 Å². The van der Waals surface area contributed by atoms with Gasteiger partial charge in [-0.05, 0) is 43.0 Å². The molecular formula is C17H19N7OS. The Morgan fingerprint density at radius 2 is 2.23 bits per heavy atom. The maximum absolute atomic E-state index is 11.7. The molecule has 0 unspecified atom stereocenters. The smallest absolute Gasteiger partial charge is 0.273 e. The molecule has 9 heteroatoms. The van der Waals surface area contributed by atoms with Crippen molar-refractivity contribution >= 4 is 44.8 Å². The zero-order valence-electron chi connectivity index (χ0n) is 14.0. The number of carbonyl (C=O) groups is 1. The van der Waals surface area contributed by atoms with E-state index in [-0.39, 0.29) is 11.7 Å². The number of thiophene rings is 1. The number of carbonyl (C=O) groups excluding carboxylic acids is 1. The third kappa shape index (κ3) is 3.44. The molecule has 0 aliphatic carbocycles. The number of primary amides is 1. The number of hydrogen-bond acceptors (Lipinski definition) is 8. The van der Waals surface area contributed by atoms with Gasteiger partial charge in [-0.1, -0.05) is 6.07 Å². The van der Waals surface area contributed by atoms with Crippen molar-refractivity contribution in [3.8, 4) is 0 Å². The van der Waals surface area contributed by atoms with Crippen LogP contribution in [0, 0.1) is 0 Å². The average Bonchev–Trinajstić information content (AvgIpc) is 3.12. The lowest BCUT2D eigenvalue weighted by molar-refractivity contribution is 0.0995. The van der Waals surface area contributed by atoms with Gasteiger partial charge in [-0.15, -0.1) is 21.5 Å². The lowest BCUT2D eigenvalue weighted by Gasteiger charge is -2.23. The van der Waals surface area contributed by atoms with Crippen molar-refractivity contribution in [2.75, 3.05) is 23.7 Å². The number of hydrogen-bond donors (Lipinski definition) is 4. The molecule has 0 bridgehead atoms. The Morgan fingerprint density at radius 3 is 3.04 bits per heavy atom. The number of aromatic nitrogens is 3. The molecule has 1 saturated heterocycles. The fourth-order valence-corrected chi connectivity index (χ4v) is 3.84. The highest BCUT2D eigenvalue weighted by molar-refractivity contribution is 7.17. The summed E-state index contributed by atoms with van der Waals surface area (Å²) in [6.07, 6.45) is 2.13. The normalized spacial score (nSPS) is 17.2. The lowest BCUT2D eigenvalue weighted by atomic mass is 10.1. The minimum atomic E-state index is -0.670. The van der Waals surface area contributed by atoms with E-state index in [0.29, 0.717) is 11.8 Å². The van der Waals surface area contributed by atoms with E-state index in [9.17, 15) is 4.79 Å². The number of nitrogens with two attached hydrogens (primary N) is 1. The zero-order valence-corrected chi connectivity index (χ0v) is 14.8. The number of fused-ring (bicyclic) bond motifs is 1. The molecule has 8 nitrogen and oxygen atoms in total. The molecule has 134 valence electrons. The predicted octanol–water partition coefficient (Wildman–Crippen LogP) is 2.09. The molecule has 1 fully saturated rings. The molecule has 26 heavy (non-hydrogen) atoms. The van der Waals surface area contributed by atoms with E-state index in [2.05, 4.69) is 31.1 Å². The van der Waals surface area contributed by atoms with Crippen molar-refractivity contribution in [2.24, 2.45) is 5.73 Å². The molecule has 2 aromatic heterocycles. The number of nitrogens with zero attached hydrogens (tertiary/aromatic N) is 3. The van der Waals surface area contributed by atoms with Crippen molar-refractivity contribution in [3.05, 3.63) is 35.3 Å². The predicted molar refractivity (Wildman–Crippen MR) is 103 cm³/mol. The Hall–Kier alpha value is -2.78. The van der Waals surface area contributed by atoms with Gasteiger partial charge in [0.2, 0.25) is 5.95 Å². The number of anilines is 3. The molecule has 0 radical (unpaired) electrons. The van der Waals surface area contributed by atoms with Crippen LogP contribution in [0.25, 0.3) is 10.1 Å². The van der Waals surface area contributed by atoms with E-state index in [0.717, 1.165) is 41.7 Å². The second-order valence-electron chi connectivity index (χ2n) is 6.15. The molecule has 1 aliphatic heterocycles. The van der Waals surface area contributed by atoms with E-state index in [4.69, 9.17) is 5.73 Å². The third-order valence-electron chi connectivity index (χ3n) is 4.30. The first kappa shape index (κ1) is 16.7. The highest BCUT2D eigenvalue weighted by Crippen LogP contribution is 2.30. The Kier molecular flexibility index (Phi) is 4.63. The number of benzene rings is 1. The monoisotopic (exact) mass is 369 g/mol. The summed E-state index contributed by atoms with van der Waals surface area (Å²) in [5.74, 6) is 0.0111. The number of amides is 1. The van der Waals surface area contributed by atoms with Crippen LogP contribution in [0.5, 0.6) is 0 Å². The summed E-state index contributed by atoms with van der Waals surface area (Å²) in [5, 5.41) is 20.9. The average molecular weight is 369 g/mol. The quantitative estimate of drug-likeness (QED) is 0.544. The maximum Gasteiger partial charge on any atom is 0.273 e. The molecular weight excluding hydrogens is 350 g/mol.